The number of halogens is 1. The van der Waals surface area contributed by atoms with E-state index in [1.165, 1.54) is 0 Å². The predicted molar refractivity (Wildman–Crippen MR) is 129 cm³/mol. The molecule has 0 aromatic heterocycles. The molecule has 0 saturated heterocycles. The molecule has 3 aromatic carbocycles. The topological polar surface area (TPSA) is 104 Å². The fourth-order valence-electron chi connectivity index (χ4n) is 3.60. The predicted octanol–water partition coefficient (Wildman–Crippen LogP) is 5.05. The van der Waals surface area contributed by atoms with E-state index in [1.54, 1.807) is 30.3 Å². The van der Waals surface area contributed by atoms with Crippen LogP contribution in [0.5, 0.6) is 23.0 Å². The summed E-state index contributed by atoms with van der Waals surface area (Å²) in [4.78, 5) is 12.3. The smallest absolute Gasteiger partial charge is 0.349 e. The SMILES string of the molecule is CCOc1ccc(C2C(C#N)=C(N)Oc3cc(OC(=O)COc4ccc(Br)cc4)ccc32)cc1. The van der Waals surface area contributed by atoms with Gasteiger partial charge < -0.3 is 24.7 Å². The maximum Gasteiger partial charge on any atom is 0.349 e. The van der Waals surface area contributed by atoms with Crippen molar-refractivity contribution in [1.82, 2.24) is 0 Å². The minimum Gasteiger partial charge on any atom is -0.494 e. The van der Waals surface area contributed by atoms with Gasteiger partial charge in [0.25, 0.3) is 0 Å². The number of nitrogens with zero attached hydrogens (tertiary/aromatic N) is 1. The van der Waals surface area contributed by atoms with Crippen LogP contribution in [-0.4, -0.2) is 19.2 Å². The lowest BCUT2D eigenvalue weighted by Gasteiger charge is -2.26. The van der Waals surface area contributed by atoms with Gasteiger partial charge in [0.15, 0.2) is 6.61 Å². The first-order valence-electron chi connectivity index (χ1n) is 10.5. The number of benzene rings is 3. The highest BCUT2D eigenvalue weighted by Gasteiger charge is 2.31. The molecule has 2 N–H and O–H groups in total. The summed E-state index contributed by atoms with van der Waals surface area (Å²) < 4.78 is 23.0. The summed E-state index contributed by atoms with van der Waals surface area (Å²) >= 11 is 3.35. The van der Waals surface area contributed by atoms with E-state index >= 15 is 0 Å². The zero-order valence-corrected chi connectivity index (χ0v) is 19.9. The number of fused-ring (bicyclic) bond motifs is 1. The summed E-state index contributed by atoms with van der Waals surface area (Å²) in [7, 11) is 0. The molecule has 3 aromatic rings. The van der Waals surface area contributed by atoms with E-state index in [9.17, 15) is 10.1 Å². The van der Waals surface area contributed by atoms with Crippen molar-refractivity contribution in [3.05, 3.63) is 93.8 Å². The Morgan fingerprint density at radius 2 is 1.68 bits per heavy atom. The summed E-state index contributed by atoms with van der Waals surface area (Å²) in [6.07, 6.45) is 0. The number of ether oxygens (including phenoxy) is 4. The average molecular weight is 521 g/mol. The van der Waals surface area contributed by atoms with Crippen LogP contribution in [0, 0.1) is 11.3 Å². The zero-order chi connectivity index (χ0) is 24.1. The van der Waals surface area contributed by atoms with Gasteiger partial charge in [0.05, 0.1) is 12.5 Å². The summed E-state index contributed by atoms with van der Waals surface area (Å²) in [6, 6.07) is 21.7. The third-order valence-electron chi connectivity index (χ3n) is 5.12. The van der Waals surface area contributed by atoms with E-state index in [0.717, 1.165) is 21.3 Å². The van der Waals surface area contributed by atoms with Crippen molar-refractivity contribution in [1.29, 1.82) is 5.26 Å². The fraction of sp³-hybridized carbons (Fsp3) is 0.154. The van der Waals surface area contributed by atoms with E-state index in [4.69, 9.17) is 24.7 Å². The second-order valence-electron chi connectivity index (χ2n) is 7.34. The van der Waals surface area contributed by atoms with Crippen molar-refractivity contribution >= 4 is 21.9 Å². The molecule has 0 radical (unpaired) electrons. The van der Waals surface area contributed by atoms with Gasteiger partial charge in [-0.05, 0) is 55.0 Å². The molecule has 1 aliphatic rings. The van der Waals surface area contributed by atoms with Crippen LogP contribution in [0.2, 0.25) is 0 Å². The van der Waals surface area contributed by atoms with E-state index in [2.05, 4.69) is 22.0 Å². The number of carbonyl (C=O) groups excluding carboxylic acids is 1. The van der Waals surface area contributed by atoms with Gasteiger partial charge in [-0.2, -0.15) is 5.26 Å². The summed E-state index contributed by atoms with van der Waals surface area (Å²) in [5, 5.41) is 9.72. The number of allylic oxidation sites excluding steroid dienone is 1. The molecule has 4 rings (SSSR count). The number of hydrogen-bond donors (Lipinski definition) is 1. The Hall–Kier alpha value is -3.96. The van der Waals surface area contributed by atoms with Crippen LogP contribution >= 0.6 is 15.9 Å². The van der Waals surface area contributed by atoms with Crippen LogP contribution in [0.25, 0.3) is 0 Å². The number of hydrogen-bond acceptors (Lipinski definition) is 7. The van der Waals surface area contributed by atoms with Crippen molar-refractivity contribution in [3.63, 3.8) is 0 Å². The van der Waals surface area contributed by atoms with Gasteiger partial charge in [-0.25, -0.2) is 4.79 Å². The number of carbonyl (C=O) groups is 1. The van der Waals surface area contributed by atoms with Gasteiger partial charge in [-0.15, -0.1) is 0 Å². The highest BCUT2D eigenvalue weighted by atomic mass is 79.9. The standard InChI is InChI=1S/C26H21BrN2O5/c1-2-31-18-7-3-16(4-8-18)25-21-12-11-20(13-23(21)34-26(29)22(25)14-28)33-24(30)15-32-19-9-5-17(27)6-10-19/h3-13,25H,2,15,29H2,1H3. The van der Waals surface area contributed by atoms with Crippen LogP contribution in [0.4, 0.5) is 0 Å². The molecule has 0 saturated carbocycles. The third-order valence-corrected chi connectivity index (χ3v) is 5.65. The van der Waals surface area contributed by atoms with Crippen LogP contribution in [-0.2, 0) is 4.79 Å². The summed E-state index contributed by atoms with van der Waals surface area (Å²) in [5.41, 5.74) is 7.97. The Morgan fingerprint density at radius 1 is 1.03 bits per heavy atom. The molecule has 8 heteroatoms. The molecule has 0 spiro atoms. The molecular weight excluding hydrogens is 500 g/mol. The van der Waals surface area contributed by atoms with E-state index in [-0.39, 0.29) is 18.2 Å². The monoisotopic (exact) mass is 520 g/mol. The first kappa shape index (κ1) is 23.2. The van der Waals surface area contributed by atoms with Gasteiger partial charge in [-0.3, -0.25) is 0 Å². The normalized spacial score (nSPS) is 14.4. The largest absolute Gasteiger partial charge is 0.494 e. The number of nitriles is 1. The second-order valence-corrected chi connectivity index (χ2v) is 8.26. The number of nitrogens with two attached hydrogens (primary N) is 1. The lowest BCUT2D eigenvalue weighted by atomic mass is 9.83. The number of esters is 1. The summed E-state index contributed by atoms with van der Waals surface area (Å²) in [5.74, 6) is 1.00. The van der Waals surface area contributed by atoms with Crippen molar-refractivity contribution < 1.29 is 23.7 Å². The molecule has 7 nitrogen and oxygen atoms in total. The molecule has 0 fully saturated rings. The van der Waals surface area contributed by atoms with Crippen LogP contribution in [0.1, 0.15) is 24.0 Å². The Balaban J connectivity index is 1.53. The highest BCUT2D eigenvalue weighted by molar-refractivity contribution is 9.10. The lowest BCUT2D eigenvalue weighted by molar-refractivity contribution is -0.136. The average Bonchev–Trinajstić information content (AvgIpc) is 2.83. The van der Waals surface area contributed by atoms with Gasteiger partial charge in [0.2, 0.25) is 5.88 Å². The molecule has 0 bridgehead atoms. The Bertz CT molecular complexity index is 1260. The molecule has 0 amide bonds. The van der Waals surface area contributed by atoms with Crippen molar-refractivity contribution in [2.45, 2.75) is 12.8 Å². The summed E-state index contributed by atoms with van der Waals surface area (Å²) in [6.45, 7) is 2.22. The number of rotatable bonds is 7. The molecule has 172 valence electrons. The Morgan fingerprint density at radius 3 is 2.35 bits per heavy atom. The van der Waals surface area contributed by atoms with E-state index in [0.29, 0.717) is 23.7 Å². The maximum absolute atomic E-state index is 12.3. The van der Waals surface area contributed by atoms with Gasteiger partial charge >= 0.3 is 5.97 Å². The Kier molecular flexibility index (Phi) is 7.04. The quantitative estimate of drug-likeness (QED) is 0.343. The second kappa shape index (κ2) is 10.3. The molecule has 0 aliphatic carbocycles. The van der Waals surface area contributed by atoms with Gasteiger partial charge in [-0.1, -0.05) is 34.1 Å². The van der Waals surface area contributed by atoms with Gasteiger partial charge in [0.1, 0.15) is 34.6 Å². The minimum absolute atomic E-state index is 0.0101. The lowest BCUT2D eigenvalue weighted by Crippen LogP contribution is -2.21. The van der Waals surface area contributed by atoms with Crippen molar-refractivity contribution in [2.24, 2.45) is 5.73 Å². The third kappa shape index (κ3) is 5.16. The first-order chi connectivity index (χ1) is 16.5. The van der Waals surface area contributed by atoms with Gasteiger partial charge in [0, 0.05) is 16.1 Å². The minimum atomic E-state index is -0.567. The first-order valence-corrected chi connectivity index (χ1v) is 11.3. The molecule has 34 heavy (non-hydrogen) atoms. The molecule has 1 unspecified atom stereocenters. The zero-order valence-electron chi connectivity index (χ0n) is 18.3. The van der Waals surface area contributed by atoms with Crippen molar-refractivity contribution in [2.75, 3.05) is 13.2 Å². The van der Waals surface area contributed by atoms with Crippen LogP contribution in [0.3, 0.4) is 0 Å². The molecule has 1 heterocycles. The maximum atomic E-state index is 12.3. The van der Waals surface area contributed by atoms with Crippen LogP contribution < -0.4 is 24.7 Å². The highest BCUT2D eigenvalue weighted by Crippen LogP contribution is 2.43. The molecule has 1 aliphatic heterocycles. The Labute approximate surface area is 205 Å². The van der Waals surface area contributed by atoms with E-state index < -0.39 is 11.9 Å². The molecular formula is C26H21BrN2O5. The van der Waals surface area contributed by atoms with Crippen molar-refractivity contribution in [3.8, 4) is 29.1 Å². The van der Waals surface area contributed by atoms with E-state index in [1.807, 2.05) is 43.3 Å². The molecule has 1 atom stereocenters. The van der Waals surface area contributed by atoms with Crippen LogP contribution in [0.15, 0.2) is 82.7 Å². The fourth-order valence-corrected chi connectivity index (χ4v) is 3.86.